The molecule has 0 atom stereocenters. The van der Waals surface area contributed by atoms with Crippen LogP contribution in [-0.2, 0) is 0 Å². The van der Waals surface area contributed by atoms with E-state index in [9.17, 15) is 13.6 Å². The number of nitrogens with zero attached hydrogens (tertiary/aromatic N) is 8. The third-order valence-electron chi connectivity index (χ3n) is 6.52. The van der Waals surface area contributed by atoms with Crippen LogP contribution in [0, 0.1) is 11.6 Å². The number of nitrogen functional groups attached to an aromatic ring is 1. The Morgan fingerprint density at radius 3 is 2.62 bits per heavy atom. The molecule has 0 spiro atoms. The molecule has 1 saturated heterocycles. The van der Waals surface area contributed by atoms with Crippen molar-refractivity contribution in [3.63, 3.8) is 0 Å². The van der Waals surface area contributed by atoms with Gasteiger partial charge in [0.1, 0.15) is 11.6 Å². The Labute approximate surface area is 229 Å². The summed E-state index contributed by atoms with van der Waals surface area (Å²) >= 11 is 0. The number of anilines is 3. The number of carbonyl (C=O) groups is 1. The van der Waals surface area contributed by atoms with E-state index in [0.717, 1.165) is 6.07 Å². The Morgan fingerprint density at radius 2 is 1.90 bits per heavy atom. The zero-order valence-electron chi connectivity index (χ0n) is 22.3. The summed E-state index contributed by atoms with van der Waals surface area (Å²) in [5.41, 5.74) is 6.09. The molecule has 0 saturated carbocycles. The zero-order chi connectivity index (χ0) is 28.2. The first-order valence-corrected chi connectivity index (χ1v) is 12.9. The van der Waals surface area contributed by atoms with E-state index in [1.54, 1.807) is 12.1 Å². The van der Waals surface area contributed by atoms with Crippen molar-refractivity contribution in [2.45, 2.75) is 0 Å². The van der Waals surface area contributed by atoms with E-state index in [4.69, 9.17) is 10.2 Å². The molecule has 1 aromatic carbocycles. The number of halogens is 2. The highest BCUT2D eigenvalue weighted by molar-refractivity contribution is 5.95. The maximum Gasteiger partial charge on any atom is 0.259 e. The average molecular weight is 556 g/mol. The normalized spacial score (nSPS) is 14.3. The molecule has 3 aromatic heterocycles. The van der Waals surface area contributed by atoms with Gasteiger partial charge in [0.05, 0.1) is 17.5 Å². The van der Waals surface area contributed by atoms with Crippen molar-refractivity contribution >= 4 is 29.3 Å². The van der Waals surface area contributed by atoms with Gasteiger partial charge in [-0.05, 0) is 32.3 Å². The van der Waals surface area contributed by atoms with Gasteiger partial charge in [-0.3, -0.25) is 9.69 Å². The van der Waals surface area contributed by atoms with Crippen molar-refractivity contribution in [1.82, 2.24) is 39.7 Å². The highest BCUT2D eigenvalue weighted by Crippen LogP contribution is 2.25. The highest BCUT2D eigenvalue weighted by Gasteiger charge is 2.23. The number of hydrogen-bond donors (Lipinski definition) is 3. The van der Waals surface area contributed by atoms with E-state index in [1.807, 2.05) is 23.9 Å². The van der Waals surface area contributed by atoms with E-state index in [0.29, 0.717) is 75.7 Å². The third kappa shape index (κ3) is 6.10. The van der Waals surface area contributed by atoms with Gasteiger partial charge in [-0.2, -0.15) is 19.5 Å². The first kappa shape index (κ1) is 27.2. The van der Waals surface area contributed by atoms with Gasteiger partial charge in [0, 0.05) is 58.4 Å². The number of piperazine rings is 1. The lowest BCUT2D eigenvalue weighted by atomic mass is 10.1. The standard InChI is InChI=1S/C25H31F2N11O2/c1-35(2)7-5-29-22(39)16-14-19(18(27)15-17(16)26)37-11-9-36(10-12-37)8-6-30-24-32-23(28)38-25(33-24)31-21(34-38)20-4-3-13-40-20/h3-4,13-15H,5-12H2,1-2H3,(H,29,39)(H3,28,30,31,32,33,34). The number of carbonyl (C=O) groups excluding carboxylic acids is 1. The number of furan rings is 1. The summed E-state index contributed by atoms with van der Waals surface area (Å²) < 4.78 is 35.7. The number of fused-ring (bicyclic) bond motifs is 1. The maximum atomic E-state index is 14.7. The molecule has 1 fully saturated rings. The minimum Gasteiger partial charge on any atom is -0.461 e. The molecule has 40 heavy (non-hydrogen) atoms. The van der Waals surface area contributed by atoms with Crippen LogP contribution in [0.3, 0.4) is 0 Å². The molecule has 4 heterocycles. The number of hydrogen-bond acceptors (Lipinski definition) is 11. The molecule has 4 N–H and O–H groups in total. The Kier molecular flexibility index (Phi) is 8.02. The number of nitrogens with one attached hydrogen (secondary N) is 2. The lowest BCUT2D eigenvalue weighted by molar-refractivity contribution is 0.0947. The van der Waals surface area contributed by atoms with E-state index in [1.165, 1.54) is 16.8 Å². The fourth-order valence-corrected chi connectivity index (χ4v) is 4.38. The number of nitrogens with two attached hydrogens (primary N) is 1. The molecule has 0 unspecified atom stereocenters. The van der Waals surface area contributed by atoms with Crippen LogP contribution in [-0.4, -0.2) is 107 Å². The summed E-state index contributed by atoms with van der Waals surface area (Å²) in [6.45, 7) is 4.54. The smallest absolute Gasteiger partial charge is 0.259 e. The number of aromatic nitrogens is 5. The summed E-state index contributed by atoms with van der Waals surface area (Å²) in [5, 5.41) is 10.1. The van der Waals surface area contributed by atoms with Crippen molar-refractivity contribution in [3.8, 4) is 11.6 Å². The van der Waals surface area contributed by atoms with E-state index in [-0.39, 0.29) is 17.2 Å². The maximum absolute atomic E-state index is 14.7. The van der Waals surface area contributed by atoms with Crippen LogP contribution in [0.1, 0.15) is 10.4 Å². The van der Waals surface area contributed by atoms with E-state index >= 15 is 0 Å². The monoisotopic (exact) mass is 555 g/mol. The molecule has 1 amide bonds. The summed E-state index contributed by atoms with van der Waals surface area (Å²) in [7, 11) is 3.75. The second-order valence-corrected chi connectivity index (χ2v) is 9.63. The molecule has 212 valence electrons. The molecule has 13 nitrogen and oxygen atoms in total. The number of amides is 1. The fraction of sp³-hybridized carbons (Fsp3) is 0.400. The van der Waals surface area contributed by atoms with Gasteiger partial charge in [0.25, 0.3) is 11.7 Å². The van der Waals surface area contributed by atoms with Crippen LogP contribution in [0.2, 0.25) is 0 Å². The van der Waals surface area contributed by atoms with Crippen molar-refractivity contribution in [3.05, 3.63) is 47.7 Å². The fourth-order valence-electron chi connectivity index (χ4n) is 4.38. The number of rotatable bonds is 10. The van der Waals surface area contributed by atoms with E-state index in [2.05, 4.69) is 35.6 Å². The second-order valence-electron chi connectivity index (χ2n) is 9.63. The lowest BCUT2D eigenvalue weighted by Crippen LogP contribution is -2.48. The van der Waals surface area contributed by atoms with Gasteiger partial charge in [-0.25, -0.2) is 8.78 Å². The Morgan fingerprint density at radius 1 is 1.10 bits per heavy atom. The summed E-state index contributed by atoms with van der Waals surface area (Å²) in [5.74, 6) is -0.514. The Bertz CT molecular complexity index is 1470. The van der Waals surface area contributed by atoms with Gasteiger partial charge in [0.2, 0.25) is 17.7 Å². The van der Waals surface area contributed by atoms with Crippen molar-refractivity contribution in [2.24, 2.45) is 0 Å². The Hall–Kier alpha value is -4.37. The number of likely N-dealkylation sites (N-methyl/N-ethyl adjacent to an activating group) is 1. The van der Waals surface area contributed by atoms with Crippen LogP contribution >= 0.6 is 0 Å². The van der Waals surface area contributed by atoms with Crippen LogP contribution in [0.15, 0.2) is 34.9 Å². The van der Waals surface area contributed by atoms with E-state index < -0.39 is 17.5 Å². The van der Waals surface area contributed by atoms with Crippen molar-refractivity contribution in [1.29, 1.82) is 0 Å². The third-order valence-corrected chi connectivity index (χ3v) is 6.52. The molecular weight excluding hydrogens is 524 g/mol. The van der Waals surface area contributed by atoms with Gasteiger partial charge in [-0.1, -0.05) is 0 Å². The molecule has 0 radical (unpaired) electrons. The first-order valence-electron chi connectivity index (χ1n) is 12.9. The van der Waals surface area contributed by atoms with Crippen LogP contribution in [0.5, 0.6) is 0 Å². The molecule has 1 aliphatic heterocycles. The quantitative estimate of drug-likeness (QED) is 0.259. The van der Waals surface area contributed by atoms with Crippen molar-refractivity contribution < 1.29 is 18.0 Å². The van der Waals surface area contributed by atoms with Gasteiger partial charge in [0.15, 0.2) is 5.76 Å². The molecule has 15 heteroatoms. The Balaban J connectivity index is 1.14. The molecule has 0 bridgehead atoms. The summed E-state index contributed by atoms with van der Waals surface area (Å²) in [4.78, 5) is 31.4. The van der Waals surface area contributed by atoms with Gasteiger partial charge >= 0.3 is 0 Å². The average Bonchev–Trinajstić information content (AvgIpc) is 3.60. The minimum atomic E-state index is -0.877. The molecule has 5 rings (SSSR count). The molecular formula is C25H31F2N11O2. The largest absolute Gasteiger partial charge is 0.461 e. The summed E-state index contributed by atoms with van der Waals surface area (Å²) in [6.07, 6.45) is 1.53. The topological polar surface area (TPSA) is 146 Å². The molecule has 4 aromatic rings. The molecule has 1 aliphatic rings. The second kappa shape index (κ2) is 11.8. The predicted molar refractivity (Wildman–Crippen MR) is 145 cm³/mol. The van der Waals surface area contributed by atoms with Crippen molar-refractivity contribution in [2.75, 3.05) is 82.4 Å². The van der Waals surface area contributed by atoms with Crippen LogP contribution in [0.25, 0.3) is 17.4 Å². The highest BCUT2D eigenvalue weighted by atomic mass is 19.1. The molecule has 0 aliphatic carbocycles. The SMILES string of the molecule is CN(C)CCNC(=O)c1cc(N2CCN(CCNc3nc(N)n4nc(-c5ccco5)nc4n3)CC2)c(F)cc1F. The zero-order valence-corrected chi connectivity index (χ0v) is 22.3. The summed E-state index contributed by atoms with van der Waals surface area (Å²) in [6, 6.07) is 5.56. The van der Waals surface area contributed by atoms with Crippen LogP contribution < -0.4 is 21.3 Å². The van der Waals surface area contributed by atoms with Gasteiger partial charge < -0.3 is 30.6 Å². The number of benzene rings is 1. The lowest BCUT2D eigenvalue weighted by Gasteiger charge is -2.36. The van der Waals surface area contributed by atoms with Gasteiger partial charge in [-0.15, -0.1) is 5.10 Å². The first-order chi connectivity index (χ1) is 19.3. The minimum absolute atomic E-state index is 0.137. The van der Waals surface area contributed by atoms with Crippen LogP contribution in [0.4, 0.5) is 26.4 Å². The predicted octanol–water partition coefficient (Wildman–Crippen LogP) is 1.17.